The third-order valence-corrected chi connectivity index (χ3v) is 4.44. The van der Waals surface area contributed by atoms with Crippen LogP contribution in [0.15, 0.2) is 52.9 Å². The Balaban J connectivity index is 2.04. The van der Waals surface area contributed by atoms with Gasteiger partial charge in [0.15, 0.2) is 10.9 Å². The van der Waals surface area contributed by atoms with Crippen molar-refractivity contribution in [2.45, 2.75) is 32.6 Å². The molecular formula is C21H22N2O2S. The molecule has 0 aliphatic heterocycles. The molecule has 134 valence electrons. The first-order valence-electron chi connectivity index (χ1n) is 8.81. The molecule has 2 aromatic carbocycles. The summed E-state index contributed by atoms with van der Waals surface area (Å²) in [7, 11) is 0. The summed E-state index contributed by atoms with van der Waals surface area (Å²) in [5, 5.41) is 3.97. The average Bonchev–Trinajstić information content (AvgIpc) is 3.05. The number of fused-ring (bicyclic) bond motifs is 1. The fourth-order valence-corrected chi connectivity index (χ4v) is 3.21. The van der Waals surface area contributed by atoms with Gasteiger partial charge in [-0.05, 0) is 48.8 Å². The molecule has 0 fully saturated rings. The van der Waals surface area contributed by atoms with Gasteiger partial charge in [0.2, 0.25) is 5.78 Å². The largest absolute Gasteiger partial charge is 0.453 e. The Morgan fingerprint density at radius 2 is 1.96 bits per heavy atom. The van der Waals surface area contributed by atoms with E-state index in [0.29, 0.717) is 22.6 Å². The van der Waals surface area contributed by atoms with Crippen LogP contribution in [0.3, 0.4) is 0 Å². The minimum absolute atomic E-state index is 0.134. The lowest BCUT2D eigenvalue weighted by Crippen LogP contribution is -2.21. The molecule has 1 heterocycles. The lowest BCUT2D eigenvalue weighted by atomic mass is 9.95. The second-order valence-electron chi connectivity index (χ2n) is 6.26. The summed E-state index contributed by atoms with van der Waals surface area (Å²) in [6.45, 7) is 2.16. The first-order chi connectivity index (χ1) is 12.6. The zero-order valence-electron chi connectivity index (χ0n) is 14.7. The van der Waals surface area contributed by atoms with Crippen LogP contribution in [0, 0.1) is 0 Å². The molecule has 0 amide bonds. The number of hydrogen-bond donors (Lipinski definition) is 2. The van der Waals surface area contributed by atoms with Gasteiger partial charge < -0.3 is 15.5 Å². The molecule has 26 heavy (non-hydrogen) atoms. The number of furan rings is 1. The average molecular weight is 366 g/mol. The molecule has 1 aromatic heterocycles. The summed E-state index contributed by atoms with van der Waals surface area (Å²) in [6.07, 6.45) is 4.08. The monoisotopic (exact) mass is 366 g/mol. The summed E-state index contributed by atoms with van der Waals surface area (Å²) in [5.41, 5.74) is 8.53. The second kappa shape index (κ2) is 8.15. The molecular weight excluding hydrogens is 344 g/mol. The van der Waals surface area contributed by atoms with Gasteiger partial charge in [-0.2, -0.15) is 0 Å². The normalized spacial score (nSPS) is 10.8. The van der Waals surface area contributed by atoms with Crippen LogP contribution >= 0.6 is 12.2 Å². The fraction of sp³-hybridized carbons (Fsp3) is 0.238. The van der Waals surface area contributed by atoms with Crippen LogP contribution in [-0.2, 0) is 6.42 Å². The van der Waals surface area contributed by atoms with Gasteiger partial charge in [-0.15, -0.1) is 0 Å². The molecule has 0 radical (unpaired) electrons. The highest BCUT2D eigenvalue weighted by molar-refractivity contribution is 7.80. The van der Waals surface area contributed by atoms with Gasteiger partial charge in [-0.25, -0.2) is 0 Å². The molecule has 3 N–H and O–H groups in total. The van der Waals surface area contributed by atoms with Crippen molar-refractivity contribution >= 4 is 39.8 Å². The van der Waals surface area contributed by atoms with Crippen molar-refractivity contribution in [3.8, 4) is 0 Å². The first-order valence-corrected chi connectivity index (χ1v) is 9.22. The fourth-order valence-electron chi connectivity index (χ4n) is 3.10. The molecule has 5 heteroatoms. The predicted molar refractivity (Wildman–Crippen MR) is 110 cm³/mol. The van der Waals surface area contributed by atoms with Gasteiger partial charge in [-0.3, -0.25) is 4.79 Å². The molecule has 0 aliphatic rings. The zero-order valence-corrected chi connectivity index (χ0v) is 15.6. The Hall–Kier alpha value is -2.66. The van der Waals surface area contributed by atoms with Crippen molar-refractivity contribution in [1.29, 1.82) is 0 Å². The van der Waals surface area contributed by atoms with Crippen LogP contribution in [0.1, 0.15) is 47.9 Å². The molecule has 3 rings (SSSR count). The van der Waals surface area contributed by atoms with Gasteiger partial charge >= 0.3 is 0 Å². The highest BCUT2D eigenvalue weighted by atomic mass is 32.1. The third kappa shape index (κ3) is 3.94. The highest BCUT2D eigenvalue weighted by Gasteiger charge is 2.21. The maximum atomic E-state index is 13.3. The number of hydrogen-bond acceptors (Lipinski definition) is 3. The molecule has 0 saturated carbocycles. The number of nitrogens with two attached hydrogens (primary N) is 1. The summed E-state index contributed by atoms with van der Waals surface area (Å²) >= 11 is 4.97. The van der Waals surface area contributed by atoms with E-state index >= 15 is 0 Å². The number of carbonyl (C=O) groups excluding carboxylic acids is 1. The number of ketones is 1. The zero-order chi connectivity index (χ0) is 18.5. The van der Waals surface area contributed by atoms with Crippen LogP contribution in [0.2, 0.25) is 0 Å². The van der Waals surface area contributed by atoms with Crippen LogP contribution < -0.4 is 11.1 Å². The number of unbranched alkanes of at least 4 members (excludes halogenated alkanes) is 2. The lowest BCUT2D eigenvalue weighted by Gasteiger charge is -2.14. The van der Waals surface area contributed by atoms with Gasteiger partial charge in [0.25, 0.3) is 0 Å². The molecule has 3 aromatic rings. The number of para-hydroxylation sites is 1. The molecule has 0 atom stereocenters. The number of rotatable bonds is 7. The molecule has 0 spiro atoms. The predicted octanol–water partition coefficient (Wildman–Crippen LogP) is 5.05. The van der Waals surface area contributed by atoms with Crippen molar-refractivity contribution in [3.05, 3.63) is 65.4 Å². The Bertz CT molecular complexity index is 913. The Labute approximate surface area is 158 Å². The number of carbonyl (C=O) groups is 1. The van der Waals surface area contributed by atoms with Crippen molar-refractivity contribution in [1.82, 2.24) is 0 Å². The first kappa shape index (κ1) is 18.1. The van der Waals surface area contributed by atoms with E-state index in [0.717, 1.165) is 36.6 Å². The molecule has 0 aliphatic carbocycles. The Morgan fingerprint density at radius 1 is 1.15 bits per heavy atom. The van der Waals surface area contributed by atoms with E-state index in [2.05, 4.69) is 12.2 Å². The van der Waals surface area contributed by atoms with Crippen LogP contribution in [0.25, 0.3) is 11.0 Å². The van der Waals surface area contributed by atoms with E-state index in [9.17, 15) is 4.79 Å². The third-order valence-electron chi connectivity index (χ3n) is 4.33. The number of aryl methyl sites for hydroxylation is 1. The topological polar surface area (TPSA) is 68.3 Å². The molecule has 0 bridgehead atoms. The maximum absolute atomic E-state index is 13.3. The van der Waals surface area contributed by atoms with Crippen molar-refractivity contribution < 1.29 is 9.21 Å². The maximum Gasteiger partial charge on any atom is 0.230 e. The number of thiocarbonyl (C=S) groups is 1. The van der Waals surface area contributed by atoms with Crippen molar-refractivity contribution in [2.24, 2.45) is 5.73 Å². The smallest absolute Gasteiger partial charge is 0.230 e. The molecule has 4 nitrogen and oxygen atoms in total. The van der Waals surface area contributed by atoms with Gasteiger partial charge in [0.05, 0.1) is 11.3 Å². The van der Waals surface area contributed by atoms with E-state index < -0.39 is 0 Å². The molecule has 0 unspecified atom stereocenters. The summed E-state index contributed by atoms with van der Waals surface area (Å²) in [4.78, 5) is 13.3. The SMILES string of the molecule is CCCCCc1cccc(NC(N)=S)c1C(=O)c1cc2ccccc2o1. The standard InChI is InChI=1S/C21H22N2O2S/c1-2-3-4-8-14-10-7-11-16(23-21(22)26)19(14)20(24)18-13-15-9-5-6-12-17(15)25-18/h5-7,9-13H,2-4,8H2,1H3,(H3,22,23,26). The summed E-state index contributed by atoms with van der Waals surface area (Å²) in [5.74, 6) is 0.159. The number of benzene rings is 2. The van der Waals surface area contributed by atoms with E-state index in [1.54, 1.807) is 6.07 Å². The van der Waals surface area contributed by atoms with Crippen LogP contribution in [-0.4, -0.2) is 10.9 Å². The summed E-state index contributed by atoms with van der Waals surface area (Å²) in [6, 6.07) is 15.1. The van der Waals surface area contributed by atoms with E-state index in [-0.39, 0.29) is 10.9 Å². The molecule has 0 saturated heterocycles. The quantitative estimate of drug-likeness (QED) is 0.348. The van der Waals surface area contributed by atoms with Gasteiger partial charge in [0.1, 0.15) is 5.58 Å². The Morgan fingerprint density at radius 3 is 2.69 bits per heavy atom. The van der Waals surface area contributed by atoms with Crippen LogP contribution in [0.5, 0.6) is 0 Å². The minimum Gasteiger partial charge on any atom is -0.453 e. The minimum atomic E-state index is -0.160. The summed E-state index contributed by atoms with van der Waals surface area (Å²) < 4.78 is 5.78. The van der Waals surface area contributed by atoms with E-state index in [4.69, 9.17) is 22.4 Å². The highest BCUT2D eigenvalue weighted by Crippen LogP contribution is 2.28. The van der Waals surface area contributed by atoms with E-state index in [1.807, 2.05) is 42.5 Å². The van der Waals surface area contributed by atoms with Crippen molar-refractivity contribution in [2.75, 3.05) is 5.32 Å². The lowest BCUT2D eigenvalue weighted by molar-refractivity contribution is 0.101. The number of nitrogens with one attached hydrogen (secondary N) is 1. The van der Waals surface area contributed by atoms with Gasteiger partial charge in [-0.1, -0.05) is 50.1 Å². The van der Waals surface area contributed by atoms with Gasteiger partial charge in [0, 0.05) is 5.39 Å². The second-order valence-corrected chi connectivity index (χ2v) is 6.70. The van der Waals surface area contributed by atoms with E-state index in [1.165, 1.54) is 0 Å². The number of anilines is 1. The van der Waals surface area contributed by atoms with Crippen LogP contribution in [0.4, 0.5) is 5.69 Å². The Kier molecular flexibility index (Phi) is 5.68. The van der Waals surface area contributed by atoms with Crippen molar-refractivity contribution in [3.63, 3.8) is 0 Å².